The highest BCUT2D eigenvalue weighted by Gasteiger charge is 2.16. The average Bonchev–Trinajstić information content (AvgIpc) is 2.92. The van der Waals surface area contributed by atoms with Crippen LogP contribution in [0.25, 0.3) is 0 Å². The predicted octanol–water partition coefficient (Wildman–Crippen LogP) is 6.33. The van der Waals surface area contributed by atoms with Crippen molar-refractivity contribution in [2.24, 2.45) is 16.2 Å². The van der Waals surface area contributed by atoms with Crippen LogP contribution in [0.15, 0.2) is 62.6 Å². The standard InChI is InChI=1S/C9H17NO.2C8H15NO.C7H13NO.C6H13NO2S/c1-5-8(11)10-7-6-9(2,3)4;2*1-5-7(10)9-6-8(2,3)4;1-5-6(9)8-7(2,3)4;1-5-10(8,9)7-6(2,3)4/h5H,1,6-7H2,2-4H3,(H,10,11);2*5H,1,6H2,2-4H3,(H,9,10);5H,1H2,2-4H3,(H,8,9);5,7H,1H2,2-4H3. The molecule has 0 aromatic rings. The average molecular weight is 728 g/mol. The summed E-state index contributed by atoms with van der Waals surface area (Å²) in [6.45, 7) is 48.6. The molecule has 12 heteroatoms. The molecule has 0 heterocycles. The molecular weight excluding hydrogens is 655 g/mol. The van der Waals surface area contributed by atoms with E-state index in [0.29, 0.717) is 13.1 Å². The molecule has 0 saturated heterocycles. The number of nitrogens with one attached hydrogen (secondary N) is 5. The maximum Gasteiger partial charge on any atom is 0.243 e. The Morgan fingerprint density at radius 3 is 1.00 bits per heavy atom. The summed E-state index contributed by atoms with van der Waals surface area (Å²) in [5.41, 5.74) is 0.0179. The second kappa shape index (κ2) is 26.3. The van der Waals surface area contributed by atoms with Crippen LogP contribution in [0.3, 0.4) is 0 Å². The number of carbonyl (C=O) groups is 4. The van der Waals surface area contributed by atoms with Crippen LogP contribution >= 0.6 is 0 Å². The van der Waals surface area contributed by atoms with E-state index >= 15 is 0 Å². The lowest BCUT2D eigenvalue weighted by Gasteiger charge is -2.18. The lowest BCUT2D eigenvalue weighted by molar-refractivity contribution is -0.118. The van der Waals surface area contributed by atoms with Crippen LogP contribution in [0.5, 0.6) is 0 Å². The number of amides is 4. The fourth-order valence-electron chi connectivity index (χ4n) is 2.37. The third-order valence-electron chi connectivity index (χ3n) is 4.67. The normalized spacial score (nSPS) is 11.2. The van der Waals surface area contributed by atoms with E-state index in [-0.39, 0.29) is 45.4 Å². The van der Waals surface area contributed by atoms with Gasteiger partial charge in [0.25, 0.3) is 0 Å². The maximum absolute atomic E-state index is 10.8. The molecule has 4 amide bonds. The minimum atomic E-state index is -3.26. The zero-order chi connectivity index (χ0) is 41.2. The van der Waals surface area contributed by atoms with E-state index < -0.39 is 15.6 Å². The Morgan fingerprint density at radius 2 is 0.820 bits per heavy atom. The lowest BCUT2D eigenvalue weighted by atomic mass is 9.92. The van der Waals surface area contributed by atoms with Crippen molar-refractivity contribution in [1.82, 2.24) is 26.0 Å². The molecule has 5 N–H and O–H groups in total. The molecule has 0 aromatic carbocycles. The lowest BCUT2D eigenvalue weighted by Crippen LogP contribution is -2.39. The van der Waals surface area contributed by atoms with Gasteiger partial charge in [0.05, 0.1) is 0 Å². The van der Waals surface area contributed by atoms with Gasteiger partial charge in [0.2, 0.25) is 33.7 Å². The van der Waals surface area contributed by atoms with Crippen LogP contribution in [0.2, 0.25) is 0 Å². The van der Waals surface area contributed by atoms with E-state index in [0.717, 1.165) is 18.4 Å². The fraction of sp³-hybridized carbons (Fsp3) is 0.632. The molecule has 0 saturated carbocycles. The van der Waals surface area contributed by atoms with Crippen molar-refractivity contribution in [3.63, 3.8) is 0 Å². The maximum atomic E-state index is 10.8. The Balaban J connectivity index is -0.000000169. The summed E-state index contributed by atoms with van der Waals surface area (Å²) in [5, 5.41) is 11.8. The van der Waals surface area contributed by atoms with Crippen LogP contribution in [0, 0.1) is 16.2 Å². The van der Waals surface area contributed by atoms with Crippen LogP contribution < -0.4 is 26.0 Å². The van der Waals surface area contributed by atoms with Crippen molar-refractivity contribution < 1.29 is 27.6 Å². The predicted molar refractivity (Wildman–Crippen MR) is 213 cm³/mol. The third-order valence-corrected chi connectivity index (χ3v) is 6.00. The molecule has 50 heavy (non-hydrogen) atoms. The summed E-state index contributed by atoms with van der Waals surface area (Å²) < 4.78 is 24.0. The van der Waals surface area contributed by atoms with E-state index in [1.54, 1.807) is 20.8 Å². The van der Waals surface area contributed by atoms with Gasteiger partial charge in [-0.05, 0) is 88.5 Å². The van der Waals surface area contributed by atoms with Crippen LogP contribution in [-0.4, -0.2) is 62.8 Å². The van der Waals surface area contributed by atoms with Gasteiger partial charge >= 0.3 is 0 Å². The van der Waals surface area contributed by atoms with E-state index in [4.69, 9.17) is 0 Å². The molecule has 0 aliphatic carbocycles. The first kappa shape index (κ1) is 55.9. The molecule has 0 bridgehead atoms. The number of hydrogen-bond acceptors (Lipinski definition) is 6. The molecule has 0 unspecified atom stereocenters. The summed E-state index contributed by atoms with van der Waals surface area (Å²) in [6, 6.07) is 0. The quantitative estimate of drug-likeness (QED) is 0.165. The highest BCUT2D eigenvalue weighted by atomic mass is 32.2. The summed E-state index contributed by atoms with van der Waals surface area (Å²) in [6.07, 6.45) is 6.12. The molecule has 0 spiro atoms. The van der Waals surface area contributed by atoms with Gasteiger partial charge in [0.15, 0.2) is 0 Å². The number of carbonyl (C=O) groups excluding carboxylic acids is 4. The molecule has 0 aliphatic rings. The highest BCUT2D eigenvalue weighted by Crippen LogP contribution is 2.16. The minimum absolute atomic E-state index is 0.0887. The van der Waals surface area contributed by atoms with Crippen molar-refractivity contribution in [1.29, 1.82) is 0 Å². The Bertz CT molecular complexity index is 1140. The molecule has 292 valence electrons. The van der Waals surface area contributed by atoms with Gasteiger partial charge in [-0.1, -0.05) is 95.2 Å². The van der Waals surface area contributed by atoms with Gasteiger partial charge in [-0.25, -0.2) is 13.1 Å². The Labute approximate surface area is 306 Å². The van der Waals surface area contributed by atoms with Crippen molar-refractivity contribution in [2.45, 2.75) is 121 Å². The minimum Gasteiger partial charge on any atom is -0.353 e. The van der Waals surface area contributed by atoms with Gasteiger partial charge in [0, 0.05) is 36.1 Å². The molecule has 0 aliphatic heterocycles. The third kappa shape index (κ3) is 59.9. The second-order valence-corrected chi connectivity index (χ2v) is 18.4. The van der Waals surface area contributed by atoms with Crippen LogP contribution in [-0.2, 0) is 29.2 Å². The SMILES string of the molecule is C=CC(=O)NC(C)(C)C.C=CC(=O)NCC(C)(C)C.C=CC(=O)NCC(C)(C)C.C=CC(=O)NCCC(C)(C)C.C=CS(=O)(=O)NC(C)(C)C. The smallest absolute Gasteiger partial charge is 0.243 e. The number of sulfonamides is 1. The van der Waals surface area contributed by atoms with E-state index in [1.165, 1.54) is 24.3 Å². The van der Waals surface area contributed by atoms with Crippen molar-refractivity contribution in [2.75, 3.05) is 19.6 Å². The van der Waals surface area contributed by atoms with Crippen molar-refractivity contribution in [3.05, 3.63) is 62.6 Å². The Hall–Kier alpha value is -3.51. The summed E-state index contributed by atoms with van der Waals surface area (Å²) in [7, 11) is -3.26. The van der Waals surface area contributed by atoms with Gasteiger partial charge in [-0.3, -0.25) is 19.2 Å². The molecule has 0 atom stereocenters. The topological polar surface area (TPSA) is 163 Å². The van der Waals surface area contributed by atoms with Gasteiger partial charge in [0.1, 0.15) is 0 Å². The molecule has 0 aromatic heterocycles. The zero-order valence-electron chi connectivity index (χ0n) is 34.1. The largest absolute Gasteiger partial charge is 0.353 e. The molecule has 0 fully saturated rings. The number of hydrogen-bond donors (Lipinski definition) is 5. The molecule has 0 rings (SSSR count). The second-order valence-electron chi connectivity index (χ2n) is 16.8. The summed E-state index contributed by atoms with van der Waals surface area (Å²) in [5.74, 6) is -0.415. The van der Waals surface area contributed by atoms with Crippen molar-refractivity contribution in [3.8, 4) is 0 Å². The Morgan fingerprint density at radius 1 is 0.500 bits per heavy atom. The van der Waals surface area contributed by atoms with E-state index in [9.17, 15) is 27.6 Å². The van der Waals surface area contributed by atoms with E-state index in [2.05, 4.69) is 121 Å². The first-order valence-corrected chi connectivity index (χ1v) is 18.0. The van der Waals surface area contributed by atoms with Gasteiger partial charge in [-0.2, -0.15) is 0 Å². The van der Waals surface area contributed by atoms with Gasteiger partial charge < -0.3 is 21.3 Å². The fourth-order valence-corrected chi connectivity index (χ4v) is 3.31. The molecular formula is C38H73N5O6S. The van der Waals surface area contributed by atoms with E-state index in [1.807, 2.05) is 20.8 Å². The molecule has 11 nitrogen and oxygen atoms in total. The first-order chi connectivity index (χ1) is 22.1. The zero-order valence-corrected chi connectivity index (χ0v) is 34.9. The van der Waals surface area contributed by atoms with Crippen LogP contribution in [0.4, 0.5) is 0 Å². The van der Waals surface area contributed by atoms with Crippen molar-refractivity contribution >= 4 is 33.7 Å². The van der Waals surface area contributed by atoms with Crippen LogP contribution in [0.1, 0.15) is 110 Å². The Kier molecular flexibility index (Phi) is 29.4. The number of rotatable bonds is 10. The highest BCUT2D eigenvalue weighted by molar-refractivity contribution is 7.92. The molecule has 0 radical (unpaired) electrons. The monoisotopic (exact) mass is 728 g/mol. The first-order valence-electron chi connectivity index (χ1n) is 16.4. The summed E-state index contributed by atoms with van der Waals surface area (Å²) >= 11 is 0. The van der Waals surface area contributed by atoms with Gasteiger partial charge in [-0.15, -0.1) is 0 Å². The summed E-state index contributed by atoms with van der Waals surface area (Å²) in [4.78, 5) is 42.5.